The molecule has 3 heteroatoms. The Balaban J connectivity index is 2.98. The first-order valence-electron chi connectivity index (χ1n) is 4.58. The Kier molecular flexibility index (Phi) is 3.92. The van der Waals surface area contributed by atoms with Crippen molar-refractivity contribution in [2.24, 2.45) is 0 Å². The molecule has 0 fully saturated rings. The molecule has 0 amide bonds. The minimum atomic E-state index is -0.473. The number of aryl methyl sites for hydroxylation is 1. The molecule has 15 heavy (non-hydrogen) atoms. The summed E-state index contributed by atoms with van der Waals surface area (Å²) in [5.74, 6) is -0.276. The summed E-state index contributed by atoms with van der Waals surface area (Å²) in [6, 6.07) is 7.77. The number of ether oxygens (including phenoxy) is 2. The quantitative estimate of drug-likeness (QED) is 0.432. The van der Waals surface area contributed by atoms with Crippen LogP contribution in [-0.4, -0.2) is 20.2 Å². The number of hydrogen-bond acceptors (Lipinski definition) is 3. The first-order valence-corrected chi connectivity index (χ1v) is 4.58. The van der Waals surface area contributed by atoms with Crippen LogP contribution < -0.4 is 0 Å². The van der Waals surface area contributed by atoms with Gasteiger partial charge in [-0.3, -0.25) is 0 Å². The Morgan fingerprint density at radius 3 is 2.53 bits per heavy atom. The van der Waals surface area contributed by atoms with E-state index in [1.54, 1.807) is 6.08 Å². The Morgan fingerprint density at radius 1 is 1.27 bits per heavy atom. The number of esters is 1. The van der Waals surface area contributed by atoms with Gasteiger partial charge in [0, 0.05) is 0 Å². The van der Waals surface area contributed by atoms with Crippen molar-refractivity contribution >= 4 is 12.0 Å². The van der Waals surface area contributed by atoms with Crippen molar-refractivity contribution in [3.05, 3.63) is 41.2 Å². The van der Waals surface area contributed by atoms with Gasteiger partial charge in [-0.05, 0) is 18.6 Å². The number of carbonyl (C=O) groups is 1. The fourth-order valence-electron chi connectivity index (χ4n) is 1.21. The second kappa shape index (κ2) is 5.20. The van der Waals surface area contributed by atoms with Crippen LogP contribution in [0.1, 0.15) is 11.1 Å². The summed E-state index contributed by atoms with van der Waals surface area (Å²) in [5, 5.41) is 0. The third-order valence-electron chi connectivity index (χ3n) is 1.95. The van der Waals surface area contributed by atoms with Crippen LogP contribution in [0.4, 0.5) is 0 Å². The molecule has 0 aliphatic heterocycles. The lowest BCUT2D eigenvalue weighted by molar-refractivity contribution is -0.139. The standard InChI is InChI=1S/C12H14O3/c1-9-5-4-6-10(7-9)8-11(14-2)12(13)15-3/h4-8H,1-3H3. The first-order chi connectivity index (χ1) is 7.17. The Hall–Kier alpha value is -1.77. The molecule has 0 saturated heterocycles. The van der Waals surface area contributed by atoms with Crippen LogP contribution in [0.5, 0.6) is 0 Å². The summed E-state index contributed by atoms with van der Waals surface area (Å²) in [5.41, 5.74) is 2.04. The molecule has 0 radical (unpaired) electrons. The van der Waals surface area contributed by atoms with Crippen LogP contribution in [0.15, 0.2) is 30.0 Å². The zero-order valence-electron chi connectivity index (χ0n) is 9.11. The van der Waals surface area contributed by atoms with Crippen LogP contribution in [0.3, 0.4) is 0 Å². The average molecular weight is 206 g/mol. The Labute approximate surface area is 89.3 Å². The van der Waals surface area contributed by atoms with Crippen molar-refractivity contribution in [1.29, 1.82) is 0 Å². The normalized spacial score (nSPS) is 11.0. The molecular formula is C12H14O3. The third kappa shape index (κ3) is 3.13. The Morgan fingerprint density at radius 2 is 2.00 bits per heavy atom. The molecule has 0 N–H and O–H groups in total. The summed E-state index contributed by atoms with van der Waals surface area (Å²) < 4.78 is 9.51. The largest absolute Gasteiger partial charge is 0.490 e. The van der Waals surface area contributed by atoms with Crippen molar-refractivity contribution in [3.8, 4) is 0 Å². The van der Waals surface area contributed by atoms with Gasteiger partial charge in [0.25, 0.3) is 0 Å². The zero-order valence-corrected chi connectivity index (χ0v) is 9.11. The molecule has 1 aromatic carbocycles. The summed E-state index contributed by atoms with van der Waals surface area (Å²) in [6.45, 7) is 1.99. The highest BCUT2D eigenvalue weighted by Crippen LogP contribution is 2.10. The predicted molar refractivity (Wildman–Crippen MR) is 58.2 cm³/mol. The molecule has 0 saturated carbocycles. The molecule has 0 aromatic heterocycles. The number of methoxy groups -OCH3 is 2. The molecule has 80 valence electrons. The van der Waals surface area contributed by atoms with E-state index >= 15 is 0 Å². The molecule has 0 heterocycles. The van der Waals surface area contributed by atoms with Gasteiger partial charge in [0.05, 0.1) is 14.2 Å². The predicted octanol–water partition coefficient (Wildman–Crippen LogP) is 2.16. The highest BCUT2D eigenvalue weighted by Gasteiger charge is 2.08. The fraction of sp³-hybridized carbons (Fsp3) is 0.250. The van der Waals surface area contributed by atoms with E-state index in [4.69, 9.17) is 4.74 Å². The van der Waals surface area contributed by atoms with Crippen LogP contribution in [0, 0.1) is 6.92 Å². The number of carbonyl (C=O) groups excluding carboxylic acids is 1. The Bertz CT molecular complexity index is 380. The van der Waals surface area contributed by atoms with E-state index in [-0.39, 0.29) is 5.76 Å². The van der Waals surface area contributed by atoms with Gasteiger partial charge in [0.1, 0.15) is 0 Å². The van der Waals surface area contributed by atoms with E-state index in [0.717, 1.165) is 11.1 Å². The first kappa shape index (κ1) is 11.3. The minimum absolute atomic E-state index is 0.197. The summed E-state index contributed by atoms with van der Waals surface area (Å²) in [4.78, 5) is 11.2. The molecule has 0 aliphatic carbocycles. The molecule has 1 aromatic rings. The number of benzene rings is 1. The maximum atomic E-state index is 11.2. The van der Waals surface area contributed by atoms with Gasteiger partial charge >= 0.3 is 5.97 Å². The minimum Gasteiger partial charge on any atom is -0.490 e. The van der Waals surface area contributed by atoms with Crippen molar-refractivity contribution in [1.82, 2.24) is 0 Å². The maximum Gasteiger partial charge on any atom is 0.373 e. The molecule has 3 nitrogen and oxygen atoms in total. The molecule has 0 unspecified atom stereocenters. The maximum absolute atomic E-state index is 11.2. The van der Waals surface area contributed by atoms with Gasteiger partial charge in [-0.2, -0.15) is 0 Å². The van der Waals surface area contributed by atoms with Gasteiger partial charge in [-0.25, -0.2) is 4.79 Å². The highest BCUT2D eigenvalue weighted by molar-refractivity contribution is 5.91. The van der Waals surface area contributed by atoms with Crippen LogP contribution in [0.2, 0.25) is 0 Å². The SMILES string of the molecule is COC(=O)C(=Cc1cccc(C)c1)OC. The molecule has 1 rings (SSSR count). The van der Waals surface area contributed by atoms with E-state index in [1.807, 2.05) is 31.2 Å². The second-order valence-corrected chi connectivity index (χ2v) is 3.12. The fourth-order valence-corrected chi connectivity index (χ4v) is 1.21. The molecule has 0 spiro atoms. The highest BCUT2D eigenvalue weighted by atomic mass is 16.6. The summed E-state index contributed by atoms with van der Waals surface area (Å²) >= 11 is 0. The second-order valence-electron chi connectivity index (χ2n) is 3.12. The van der Waals surface area contributed by atoms with E-state index in [1.165, 1.54) is 14.2 Å². The number of rotatable bonds is 3. The topological polar surface area (TPSA) is 35.5 Å². The van der Waals surface area contributed by atoms with Gasteiger partial charge in [0.15, 0.2) is 0 Å². The van der Waals surface area contributed by atoms with Gasteiger partial charge < -0.3 is 9.47 Å². The molecule has 0 bridgehead atoms. The van der Waals surface area contributed by atoms with Crippen molar-refractivity contribution in [2.45, 2.75) is 6.92 Å². The summed E-state index contributed by atoms with van der Waals surface area (Å²) in [7, 11) is 2.77. The zero-order chi connectivity index (χ0) is 11.3. The lowest BCUT2D eigenvalue weighted by Crippen LogP contribution is -2.06. The van der Waals surface area contributed by atoms with Crippen molar-refractivity contribution in [2.75, 3.05) is 14.2 Å². The third-order valence-corrected chi connectivity index (χ3v) is 1.95. The van der Waals surface area contributed by atoms with Gasteiger partial charge in [-0.1, -0.05) is 29.8 Å². The summed E-state index contributed by atoms with van der Waals surface area (Å²) in [6.07, 6.45) is 1.65. The average Bonchev–Trinajstić information content (AvgIpc) is 2.25. The van der Waals surface area contributed by atoms with E-state index in [9.17, 15) is 4.79 Å². The number of hydrogen-bond donors (Lipinski definition) is 0. The van der Waals surface area contributed by atoms with Crippen molar-refractivity contribution < 1.29 is 14.3 Å². The van der Waals surface area contributed by atoms with E-state index < -0.39 is 5.97 Å². The lowest BCUT2D eigenvalue weighted by atomic mass is 10.1. The molecule has 0 aliphatic rings. The van der Waals surface area contributed by atoms with Crippen LogP contribution in [0.25, 0.3) is 6.08 Å². The van der Waals surface area contributed by atoms with E-state index in [2.05, 4.69) is 4.74 Å². The van der Waals surface area contributed by atoms with Gasteiger partial charge in [0.2, 0.25) is 5.76 Å². The van der Waals surface area contributed by atoms with Crippen LogP contribution in [-0.2, 0) is 14.3 Å². The monoisotopic (exact) mass is 206 g/mol. The van der Waals surface area contributed by atoms with E-state index in [0.29, 0.717) is 0 Å². The smallest absolute Gasteiger partial charge is 0.373 e. The lowest BCUT2D eigenvalue weighted by Gasteiger charge is -2.03. The van der Waals surface area contributed by atoms with Gasteiger partial charge in [-0.15, -0.1) is 0 Å². The van der Waals surface area contributed by atoms with Crippen molar-refractivity contribution in [3.63, 3.8) is 0 Å². The van der Waals surface area contributed by atoms with Crippen LogP contribution >= 0.6 is 0 Å². The molecule has 0 atom stereocenters. The molecular weight excluding hydrogens is 192 g/mol.